The van der Waals surface area contributed by atoms with E-state index in [1.165, 1.54) is 0 Å². The second-order valence-corrected chi connectivity index (χ2v) is 9.07. The first-order chi connectivity index (χ1) is 15.7. The summed E-state index contributed by atoms with van der Waals surface area (Å²) >= 11 is 0. The van der Waals surface area contributed by atoms with Gasteiger partial charge in [0, 0.05) is 0 Å². The molecule has 2 aromatic rings. The van der Waals surface area contributed by atoms with Crippen molar-refractivity contribution in [3.8, 4) is 0 Å². The van der Waals surface area contributed by atoms with Gasteiger partial charge < -0.3 is 14.2 Å². The molecule has 1 saturated carbocycles. The molecule has 1 aliphatic carbocycles. The topological polar surface area (TPSA) is 99.2 Å². The van der Waals surface area contributed by atoms with Crippen molar-refractivity contribution >= 4 is 23.9 Å². The quantitative estimate of drug-likeness (QED) is 0.517. The zero-order valence-electron chi connectivity index (χ0n) is 18.6. The number of esters is 2. The summed E-state index contributed by atoms with van der Waals surface area (Å²) in [5.41, 5.74) is -0.192. The molecule has 0 N–H and O–H groups in total. The fourth-order valence-electron chi connectivity index (χ4n) is 4.18. The fourth-order valence-corrected chi connectivity index (χ4v) is 4.18. The lowest BCUT2D eigenvalue weighted by Gasteiger charge is -2.36. The Morgan fingerprint density at radius 1 is 0.818 bits per heavy atom. The molecule has 2 bridgehead atoms. The molecule has 0 radical (unpaired) electrons. The van der Waals surface area contributed by atoms with Gasteiger partial charge in [0.05, 0.1) is 23.1 Å². The minimum atomic E-state index is -1.01. The number of piperidine rings is 1. The van der Waals surface area contributed by atoms with Gasteiger partial charge in [0.1, 0.15) is 5.60 Å². The van der Waals surface area contributed by atoms with Gasteiger partial charge in [-0.15, -0.1) is 0 Å². The van der Waals surface area contributed by atoms with Gasteiger partial charge in [0.15, 0.2) is 12.2 Å². The molecule has 8 heteroatoms. The van der Waals surface area contributed by atoms with Gasteiger partial charge in [-0.25, -0.2) is 19.3 Å². The Hall–Kier alpha value is -3.68. The van der Waals surface area contributed by atoms with Crippen molar-refractivity contribution in [2.24, 2.45) is 5.92 Å². The Bertz CT molecular complexity index is 1060. The van der Waals surface area contributed by atoms with E-state index < -0.39 is 53.7 Å². The number of benzene rings is 2. The number of hydrogen-bond acceptors (Lipinski definition) is 7. The van der Waals surface area contributed by atoms with Crippen molar-refractivity contribution in [2.45, 2.75) is 51.0 Å². The number of likely N-dealkylation sites (tertiary alicyclic amines) is 1. The molecule has 8 nitrogen and oxygen atoms in total. The normalized spacial score (nSPS) is 23.8. The van der Waals surface area contributed by atoms with Gasteiger partial charge >= 0.3 is 18.0 Å². The molecular weight excluding hydrogens is 426 g/mol. The van der Waals surface area contributed by atoms with Crippen LogP contribution in [-0.4, -0.2) is 52.7 Å². The standard InChI is InChI=1S/C25H25NO7/c1-25(2,3)33-24(30)26-18-14-17(21(26)27)19(31-22(28)15-10-6-4-7-11-15)20(18)32-23(29)16-12-8-5-9-13-16/h4-13,17-20H,14H2,1-3H3/t17?,18?,19-,20+/m1/s1. The van der Waals surface area contributed by atoms with E-state index in [9.17, 15) is 19.2 Å². The van der Waals surface area contributed by atoms with Crippen molar-refractivity contribution in [1.82, 2.24) is 4.90 Å². The minimum absolute atomic E-state index is 0.206. The summed E-state index contributed by atoms with van der Waals surface area (Å²) in [6, 6.07) is 15.9. The molecule has 4 atom stereocenters. The molecule has 4 rings (SSSR count). The third-order valence-corrected chi connectivity index (χ3v) is 5.58. The van der Waals surface area contributed by atoms with Crippen molar-refractivity contribution in [3.05, 3.63) is 71.8 Å². The van der Waals surface area contributed by atoms with E-state index in [0.717, 1.165) is 4.90 Å². The summed E-state index contributed by atoms with van der Waals surface area (Å²) < 4.78 is 16.8. The smallest absolute Gasteiger partial charge is 0.417 e. The van der Waals surface area contributed by atoms with Gasteiger partial charge in [0.2, 0.25) is 5.91 Å². The second-order valence-electron chi connectivity index (χ2n) is 9.07. The maximum atomic E-state index is 13.0. The van der Waals surface area contributed by atoms with E-state index in [1.54, 1.807) is 81.4 Å². The van der Waals surface area contributed by atoms with Gasteiger partial charge in [-0.3, -0.25) is 4.79 Å². The SMILES string of the molecule is CC(C)(C)OC(=O)N1C(=O)C2CC1[C@H](OC(=O)c1ccccc1)[C@@H]2OC(=O)c1ccccc1. The molecule has 0 spiro atoms. The first-order valence-corrected chi connectivity index (χ1v) is 10.7. The highest BCUT2D eigenvalue weighted by Gasteiger charge is 2.63. The number of rotatable bonds is 4. The number of fused-ring (bicyclic) bond motifs is 2. The minimum Gasteiger partial charge on any atom is -0.454 e. The van der Waals surface area contributed by atoms with Crippen molar-refractivity contribution in [1.29, 1.82) is 0 Å². The molecule has 1 aliphatic heterocycles. The van der Waals surface area contributed by atoms with Crippen LogP contribution in [0.25, 0.3) is 0 Å². The summed E-state index contributed by atoms with van der Waals surface area (Å²) in [4.78, 5) is 52.2. The van der Waals surface area contributed by atoms with Gasteiger partial charge in [-0.05, 0) is 51.5 Å². The molecular formula is C25H25NO7. The summed E-state index contributed by atoms with van der Waals surface area (Å²) in [7, 11) is 0. The van der Waals surface area contributed by atoms with Crippen LogP contribution in [0.4, 0.5) is 4.79 Å². The number of imide groups is 1. The van der Waals surface area contributed by atoms with E-state index in [4.69, 9.17) is 14.2 Å². The first kappa shape index (κ1) is 22.5. The molecule has 172 valence electrons. The third-order valence-electron chi connectivity index (χ3n) is 5.58. The molecule has 1 saturated heterocycles. The van der Waals surface area contributed by atoms with Gasteiger partial charge in [-0.2, -0.15) is 0 Å². The predicted octanol–water partition coefficient (Wildman–Crippen LogP) is 3.60. The summed E-state index contributed by atoms with van der Waals surface area (Å²) in [5, 5.41) is 0. The zero-order valence-corrected chi connectivity index (χ0v) is 18.6. The molecule has 2 fully saturated rings. The Labute approximate surface area is 191 Å². The number of amides is 2. The second kappa shape index (κ2) is 8.69. The van der Waals surface area contributed by atoms with Crippen LogP contribution < -0.4 is 0 Å². The van der Waals surface area contributed by atoms with Crippen LogP contribution in [-0.2, 0) is 19.0 Å². The van der Waals surface area contributed by atoms with E-state index in [-0.39, 0.29) is 6.42 Å². The maximum Gasteiger partial charge on any atom is 0.417 e. The van der Waals surface area contributed by atoms with Crippen LogP contribution in [0.15, 0.2) is 60.7 Å². The Morgan fingerprint density at radius 2 is 1.30 bits per heavy atom. The van der Waals surface area contributed by atoms with Crippen molar-refractivity contribution in [3.63, 3.8) is 0 Å². The highest BCUT2D eigenvalue weighted by Crippen LogP contribution is 2.43. The number of carbonyl (C=O) groups is 4. The fraction of sp³-hybridized carbons (Fsp3) is 0.360. The Kier molecular flexibility index (Phi) is 5.93. The monoisotopic (exact) mass is 451 g/mol. The largest absolute Gasteiger partial charge is 0.454 e. The lowest BCUT2D eigenvalue weighted by Crippen LogP contribution is -2.57. The molecule has 2 unspecified atom stereocenters. The molecule has 2 aliphatic rings. The van der Waals surface area contributed by atoms with Gasteiger partial charge in [-0.1, -0.05) is 36.4 Å². The number of nitrogens with zero attached hydrogens (tertiary/aromatic N) is 1. The van der Waals surface area contributed by atoms with Crippen LogP contribution in [0.5, 0.6) is 0 Å². The van der Waals surface area contributed by atoms with Crippen LogP contribution >= 0.6 is 0 Å². The summed E-state index contributed by atoms with van der Waals surface area (Å²) in [6.07, 6.45) is -2.63. The van der Waals surface area contributed by atoms with Crippen LogP contribution in [0.1, 0.15) is 47.9 Å². The van der Waals surface area contributed by atoms with Crippen LogP contribution in [0.3, 0.4) is 0 Å². The lowest BCUT2D eigenvalue weighted by molar-refractivity contribution is -0.145. The number of carbonyl (C=O) groups excluding carboxylic acids is 4. The van der Waals surface area contributed by atoms with E-state index in [1.807, 2.05) is 0 Å². The van der Waals surface area contributed by atoms with Gasteiger partial charge in [0.25, 0.3) is 0 Å². The summed E-state index contributed by atoms with van der Waals surface area (Å²) in [5.74, 6) is -2.59. The van der Waals surface area contributed by atoms with Crippen LogP contribution in [0.2, 0.25) is 0 Å². The molecule has 2 aromatic carbocycles. The number of ether oxygens (including phenoxy) is 3. The van der Waals surface area contributed by atoms with E-state index >= 15 is 0 Å². The predicted molar refractivity (Wildman–Crippen MR) is 116 cm³/mol. The number of hydrogen-bond donors (Lipinski definition) is 0. The zero-order chi connectivity index (χ0) is 23.8. The van der Waals surface area contributed by atoms with Crippen LogP contribution in [0, 0.1) is 5.92 Å². The first-order valence-electron chi connectivity index (χ1n) is 10.7. The molecule has 2 amide bonds. The Morgan fingerprint density at radius 3 is 1.79 bits per heavy atom. The highest BCUT2D eigenvalue weighted by molar-refractivity contribution is 5.98. The average molecular weight is 451 g/mol. The van der Waals surface area contributed by atoms with E-state index in [0.29, 0.717) is 11.1 Å². The highest BCUT2D eigenvalue weighted by atomic mass is 16.6. The third kappa shape index (κ3) is 4.60. The summed E-state index contributed by atoms with van der Waals surface area (Å²) in [6.45, 7) is 5.09. The average Bonchev–Trinajstić information content (AvgIpc) is 3.29. The maximum absolute atomic E-state index is 13.0. The lowest BCUT2D eigenvalue weighted by atomic mass is 10.0. The van der Waals surface area contributed by atoms with E-state index in [2.05, 4.69) is 0 Å². The Balaban J connectivity index is 1.60. The van der Waals surface area contributed by atoms with Crippen molar-refractivity contribution in [2.75, 3.05) is 0 Å². The molecule has 33 heavy (non-hydrogen) atoms. The molecule has 0 aromatic heterocycles. The van der Waals surface area contributed by atoms with Crippen molar-refractivity contribution < 1.29 is 33.4 Å². The molecule has 1 heterocycles.